The topological polar surface area (TPSA) is 115 Å². The number of carbonyl (C=O) groups is 1. The number of hydrogen-bond acceptors (Lipinski definition) is 5. The van der Waals surface area contributed by atoms with E-state index in [1.165, 1.54) is 25.1 Å². The fourth-order valence-electron chi connectivity index (χ4n) is 1.51. The van der Waals surface area contributed by atoms with Crippen LogP contribution in [0.3, 0.4) is 0 Å². The summed E-state index contributed by atoms with van der Waals surface area (Å²) in [5.41, 5.74) is 0.199. The molecular weight excluding hydrogens is 354 g/mol. The zero-order valence-corrected chi connectivity index (χ0v) is 12.8. The highest BCUT2D eigenvalue weighted by Gasteiger charge is 2.22. The lowest BCUT2D eigenvalue weighted by atomic mass is 10.2. The van der Waals surface area contributed by atoms with E-state index in [1.807, 2.05) is 0 Å². The minimum atomic E-state index is -3.62. The Bertz CT molecular complexity index is 642. The number of nitro groups is 1. The van der Waals surface area contributed by atoms with Gasteiger partial charge in [-0.2, -0.15) is 0 Å². The van der Waals surface area contributed by atoms with Crippen molar-refractivity contribution in [1.29, 1.82) is 0 Å². The van der Waals surface area contributed by atoms with Crippen LogP contribution in [-0.4, -0.2) is 30.2 Å². The first-order valence-electron chi connectivity index (χ1n) is 5.48. The lowest BCUT2D eigenvalue weighted by molar-refractivity contribution is -0.384. The second kappa shape index (κ2) is 6.31. The number of carboxylic acids is 1. The van der Waals surface area contributed by atoms with Crippen molar-refractivity contribution in [2.75, 3.05) is 5.75 Å². The van der Waals surface area contributed by atoms with Gasteiger partial charge in [-0.15, -0.1) is 0 Å². The molecule has 1 aromatic carbocycles. The maximum absolute atomic E-state index is 11.9. The third-order valence-corrected chi connectivity index (χ3v) is 5.05. The van der Waals surface area contributed by atoms with Gasteiger partial charge in [0.25, 0.3) is 5.69 Å². The monoisotopic (exact) mass is 365 g/mol. The van der Waals surface area contributed by atoms with Gasteiger partial charge in [0.15, 0.2) is 9.84 Å². The van der Waals surface area contributed by atoms with E-state index in [9.17, 15) is 23.3 Å². The van der Waals surface area contributed by atoms with Crippen molar-refractivity contribution in [2.24, 2.45) is 5.92 Å². The first-order chi connectivity index (χ1) is 9.12. The summed E-state index contributed by atoms with van der Waals surface area (Å²) in [4.78, 5) is 20.7. The van der Waals surface area contributed by atoms with Gasteiger partial charge in [0.05, 0.1) is 22.3 Å². The van der Waals surface area contributed by atoms with Crippen LogP contribution in [0.25, 0.3) is 0 Å². The molecule has 9 heteroatoms. The molecule has 0 saturated carbocycles. The second-order valence-electron chi connectivity index (χ2n) is 4.33. The van der Waals surface area contributed by atoms with Gasteiger partial charge in [-0.1, -0.05) is 28.9 Å². The van der Waals surface area contributed by atoms with Crippen LogP contribution in [0.1, 0.15) is 12.5 Å². The third kappa shape index (κ3) is 4.57. The average molecular weight is 366 g/mol. The first kappa shape index (κ1) is 16.6. The molecule has 1 unspecified atom stereocenters. The van der Waals surface area contributed by atoms with E-state index in [1.54, 1.807) is 0 Å². The summed E-state index contributed by atoms with van der Waals surface area (Å²) in [6.45, 7) is 1.31. The zero-order chi connectivity index (χ0) is 15.5. The number of carboxylic acid groups (broad SMARTS) is 1. The molecule has 7 nitrogen and oxygen atoms in total. The molecule has 20 heavy (non-hydrogen) atoms. The Labute approximate surface area is 123 Å². The van der Waals surface area contributed by atoms with E-state index >= 15 is 0 Å². The predicted octanol–water partition coefficient (Wildman–Crippen LogP) is 1.99. The molecule has 110 valence electrons. The molecular formula is C11H12BrNO6S. The number of halogens is 1. The van der Waals surface area contributed by atoms with Crippen molar-refractivity contribution in [3.8, 4) is 0 Å². The molecule has 0 amide bonds. The van der Waals surface area contributed by atoms with Gasteiger partial charge in [-0.3, -0.25) is 14.9 Å². The quantitative estimate of drug-likeness (QED) is 0.608. The van der Waals surface area contributed by atoms with E-state index in [4.69, 9.17) is 5.11 Å². The number of nitro benzene ring substituents is 1. The van der Waals surface area contributed by atoms with Crippen LogP contribution in [0.5, 0.6) is 0 Å². The van der Waals surface area contributed by atoms with Crippen LogP contribution in [0.4, 0.5) is 5.69 Å². The van der Waals surface area contributed by atoms with Gasteiger partial charge in [0, 0.05) is 16.6 Å². The largest absolute Gasteiger partial charge is 0.481 e. The van der Waals surface area contributed by atoms with Gasteiger partial charge in [0.2, 0.25) is 0 Å². The molecule has 1 aromatic rings. The first-order valence-corrected chi connectivity index (χ1v) is 8.10. The third-order valence-electron chi connectivity index (χ3n) is 2.55. The lowest BCUT2D eigenvalue weighted by Gasteiger charge is -2.09. The van der Waals surface area contributed by atoms with E-state index in [0.29, 0.717) is 10.0 Å². The summed E-state index contributed by atoms with van der Waals surface area (Å²) >= 11 is 3.08. The number of hydrogen-bond donors (Lipinski definition) is 1. The molecule has 0 aromatic heterocycles. The standard InChI is InChI=1S/C11H12BrNO6S/c1-7(11(14)15)5-20(18,19)6-8-2-3-9(13(16)17)4-10(8)12/h2-4,7H,5-6H2,1H3,(H,14,15). The summed E-state index contributed by atoms with van der Waals surface area (Å²) in [5.74, 6) is -3.04. The average Bonchev–Trinajstić information content (AvgIpc) is 2.30. The molecule has 0 heterocycles. The fourth-order valence-corrected chi connectivity index (χ4v) is 3.96. The highest BCUT2D eigenvalue weighted by molar-refractivity contribution is 9.10. The normalized spacial score (nSPS) is 12.9. The molecule has 0 saturated heterocycles. The van der Waals surface area contributed by atoms with E-state index in [0.717, 1.165) is 0 Å². The number of rotatable bonds is 6. The van der Waals surface area contributed by atoms with Crippen LogP contribution in [-0.2, 0) is 20.4 Å². The summed E-state index contributed by atoms with van der Waals surface area (Å²) in [6, 6.07) is 3.76. The zero-order valence-electron chi connectivity index (χ0n) is 10.4. The van der Waals surface area contributed by atoms with Crippen LogP contribution in [0.2, 0.25) is 0 Å². The fraction of sp³-hybridized carbons (Fsp3) is 0.364. The van der Waals surface area contributed by atoms with Crippen LogP contribution < -0.4 is 0 Å². The number of non-ortho nitro benzene ring substituents is 1. The number of nitrogens with zero attached hydrogens (tertiary/aromatic N) is 1. The smallest absolute Gasteiger partial charge is 0.307 e. The minimum Gasteiger partial charge on any atom is -0.481 e. The van der Waals surface area contributed by atoms with Gasteiger partial charge in [-0.05, 0) is 5.56 Å². The predicted molar refractivity (Wildman–Crippen MR) is 75.1 cm³/mol. The lowest BCUT2D eigenvalue weighted by Crippen LogP contribution is -2.22. The van der Waals surface area contributed by atoms with Crippen molar-refractivity contribution in [2.45, 2.75) is 12.7 Å². The second-order valence-corrected chi connectivity index (χ2v) is 7.29. The maximum Gasteiger partial charge on any atom is 0.307 e. The van der Waals surface area contributed by atoms with Crippen molar-refractivity contribution in [3.63, 3.8) is 0 Å². The van der Waals surface area contributed by atoms with Crippen LogP contribution in [0.15, 0.2) is 22.7 Å². The molecule has 0 fully saturated rings. The van der Waals surface area contributed by atoms with Gasteiger partial charge < -0.3 is 5.11 Å². The van der Waals surface area contributed by atoms with E-state index < -0.39 is 32.4 Å². The molecule has 1 atom stereocenters. The Morgan fingerprint density at radius 1 is 1.50 bits per heavy atom. The summed E-state index contributed by atoms with van der Waals surface area (Å²) in [7, 11) is -3.62. The van der Waals surface area contributed by atoms with E-state index in [-0.39, 0.29) is 11.4 Å². The molecule has 0 aliphatic heterocycles. The SMILES string of the molecule is CC(CS(=O)(=O)Cc1ccc([N+](=O)[O-])cc1Br)C(=O)O. The van der Waals surface area contributed by atoms with Crippen molar-refractivity contribution in [3.05, 3.63) is 38.3 Å². The Hall–Kier alpha value is -1.48. The van der Waals surface area contributed by atoms with Gasteiger partial charge in [0.1, 0.15) is 0 Å². The number of sulfone groups is 1. The van der Waals surface area contributed by atoms with Gasteiger partial charge in [-0.25, -0.2) is 8.42 Å². The molecule has 1 N–H and O–H groups in total. The van der Waals surface area contributed by atoms with Crippen LogP contribution >= 0.6 is 15.9 Å². The molecule has 0 radical (unpaired) electrons. The Morgan fingerprint density at radius 3 is 2.55 bits per heavy atom. The molecule has 1 rings (SSSR count). The summed E-state index contributed by atoms with van der Waals surface area (Å²) in [5, 5.41) is 19.3. The Morgan fingerprint density at radius 2 is 2.10 bits per heavy atom. The molecule has 0 spiro atoms. The molecule has 0 aliphatic carbocycles. The minimum absolute atomic E-state index is 0.156. The Kier molecular flexibility index (Phi) is 5.23. The number of aliphatic carboxylic acids is 1. The molecule has 0 bridgehead atoms. The van der Waals surface area contributed by atoms with Crippen molar-refractivity contribution >= 4 is 37.4 Å². The van der Waals surface area contributed by atoms with E-state index in [2.05, 4.69) is 15.9 Å². The summed E-state index contributed by atoms with van der Waals surface area (Å²) < 4.78 is 24.0. The van der Waals surface area contributed by atoms with Gasteiger partial charge >= 0.3 is 5.97 Å². The van der Waals surface area contributed by atoms with Crippen molar-refractivity contribution < 1.29 is 23.2 Å². The highest BCUT2D eigenvalue weighted by atomic mass is 79.9. The number of benzene rings is 1. The summed E-state index contributed by atoms with van der Waals surface area (Å²) in [6.07, 6.45) is 0. The maximum atomic E-state index is 11.9. The van der Waals surface area contributed by atoms with Crippen LogP contribution in [0, 0.1) is 16.0 Å². The highest BCUT2D eigenvalue weighted by Crippen LogP contribution is 2.25. The molecule has 0 aliphatic rings. The van der Waals surface area contributed by atoms with Crippen molar-refractivity contribution in [1.82, 2.24) is 0 Å². The Balaban J connectivity index is 2.93.